The van der Waals surface area contributed by atoms with E-state index >= 15 is 0 Å². The molecule has 2 heterocycles. The van der Waals surface area contributed by atoms with Crippen LogP contribution in [0.3, 0.4) is 0 Å². The van der Waals surface area contributed by atoms with Crippen LogP contribution in [-0.2, 0) is 10.8 Å². The van der Waals surface area contributed by atoms with Gasteiger partial charge in [-0.05, 0) is 128 Å². The lowest BCUT2D eigenvalue weighted by molar-refractivity contribution is 0.669. The Morgan fingerprint density at radius 3 is 1.45 bits per heavy atom. The van der Waals surface area contributed by atoms with Gasteiger partial charge in [0, 0.05) is 43.5 Å². The molecule has 0 bridgehead atoms. The Balaban J connectivity index is 0.965. The maximum absolute atomic E-state index is 6.75. The van der Waals surface area contributed by atoms with Crippen molar-refractivity contribution in [2.45, 2.75) is 10.8 Å². The van der Waals surface area contributed by atoms with Gasteiger partial charge < -0.3 is 14.2 Å². The standard InChI is InChI=1S/C80H52N2OS/c1-5-25-53(26-6-1)79(54-27-7-2-8-28-54)67-41-17-13-35-60(67)62-50-49-59(52-69(62)79)81(70-43-24-47-74-76(70)66-38-15-19-46-73(66)83-74)57-33-21-34-58(51-57)82(72-45-23-40-65-63-37-16-20-48-75(63)84-78(65)72)71-44-22-39-64-61-36-14-18-42-68(61)80(77(64)71,55-29-9-3-10-30-55)56-31-11-4-12-32-56/h1-52H. The fourth-order valence-corrected chi connectivity index (χ4v) is 15.9. The summed E-state index contributed by atoms with van der Waals surface area (Å²) in [5.74, 6) is 0. The molecule has 0 atom stereocenters. The number of nitrogens with zero attached hydrogens (tertiary/aromatic N) is 2. The van der Waals surface area contributed by atoms with Gasteiger partial charge in [-0.25, -0.2) is 0 Å². The van der Waals surface area contributed by atoms with E-state index in [1.165, 1.54) is 86.9 Å². The average molecular weight is 1090 g/mol. The van der Waals surface area contributed by atoms with Crippen LogP contribution in [0.1, 0.15) is 44.5 Å². The Morgan fingerprint density at radius 2 is 0.750 bits per heavy atom. The number of rotatable bonds is 10. The number of benzene rings is 13. The van der Waals surface area contributed by atoms with Crippen LogP contribution in [0, 0.1) is 0 Å². The quantitative estimate of drug-likeness (QED) is 0.136. The molecule has 0 spiro atoms. The van der Waals surface area contributed by atoms with E-state index in [1.807, 2.05) is 11.3 Å². The molecular formula is C80H52N2OS. The van der Waals surface area contributed by atoms with Crippen LogP contribution in [0.4, 0.5) is 34.1 Å². The fraction of sp³-hybridized carbons (Fsp3) is 0.0250. The molecule has 394 valence electrons. The summed E-state index contributed by atoms with van der Waals surface area (Å²) in [7, 11) is 0. The molecule has 2 aliphatic carbocycles. The highest BCUT2D eigenvalue weighted by molar-refractivity contribution is 7.26. The van der Waals surface area contributed by atoms with E-state index in [9.17, 15) is 0 Å². The molecule has 2 aromatic heterocycles. The molecule has 0 saturated carbocycles. The Morgan fingerprint density at radius 1 is 0.286 bits per heavy atom. The van der Waals surface area contributed by atoms with Gasteiger partial charge in [-0.2, -0.15) is 0 Å². The molecule has 0 radical (unpaired) electrons. The summed E-state index contributed by atoms with van der Waals surface area (Å²) in [5.41, 5.74) is 21.6. The lowest BCUT2D eigenvalue weighted by atomic mass is 9.67. The van der Waals surface area contributed by atoms with Crippen LogP contribution >= 0.6 is 11.3 Å². The van der Waals surface area contributed by atoms with Crippen molar-refractivity contribution in [3.05, 3.63) is 360 Å². The topological polar surface area (TPSA) is 19.6 Å². The molecule has 0 N–H and O–H groups in total. The third kappa shape index (κ3) is 6.92. The van der Waals surface area contributed by atoms with Crippen LogP contribution < -0.4 is 9.80 Å². The Bertz CT molecular complexity index is 4970. The Hall–Kier alpha value is -10.5. The van der Waals surface area contributed by atoms with Crippen molar-refractivity contribution in [1.29, 1.82) is 0 Å². The number of hydrogen-bond donors (Lipinski definition) is 0. The highest BCUT2D eigenvalue weighted by Crippen LogP contribution is 2.62. The normalized spacial score (nSPS) is 13.4. The van der Waals surface area contributed by atoms with Crippen LogP contribution in [0.5, 0.6) is 0 Å². The number of para-hydroxylation sites is 1. The smallest absolute Gasteiger partial charge is 0.137 e. The fourth-order valence-electron chi connectivity index (χ4n) is 14.7. The lowest BCUT2D eigenvalue weighted by Gasteiger charge is -2.38. The molecule has 84 heavy (non-hydrogen) atoms. The van der Waals surface area contributed by atoms with Crippen molar-refractivity contribution < 1.29 is 4.42 Å². The van der Waals surface area contributed by atoms with Crippen molar-refractivity contribution in [1.82, 2.24) is 0 Å². The first-order chi connectivity index (χ1) is 41.7. The highest BCUT2D eigenvalue weighted by Gasteiger charge is 2.49. The molecule has 13 aromatic carbocycles. The number of anilines is 6. The molecule has 4 heteroatoms. The zero-order valence-corrected chi connectivity index (χ0v) is 46.5. The zero-order valence-electron chi connectivity index (χ0n) is 45.7. The minimum absolute atomic E-state index is 0.610. The predicted octanol–water partition coefficient (Wildman–Crippen LogP) is 21.6. The van der Waals surface area contributed by atoms with Crippen LogP contribution in [0.2, 0.25) is 0 Å². The van der Waals surface area contributed by atoms with E-state index in [0.29, 0.717) is 0 Å². The lowest BCUT2D eigenvalue weighted by Crippen LogP contribution is -2.30. The van der Waals surface area contributed by atoms with Gasteiger partial charge in [-0.15, -0.1) is 11.3 Å². The van der Waals surface area contributed by atoms with Gasteiger partial charge >= 0.3 is 0 Å². The maximum atomic E-state index is 6.75. The summed E-state index contributed by atoms with van der Waals surface area (Å²) in [6.07, 6.45) is 0. The van der Waals surface area contributed by atoms with E-state index in [1.54, 1.807) is 0 Å². The van der Waals surface area contributed by atoms with Crippen molar-refractivity contribution >= 4 is 87.6 Å². The van der Waals surface area contributed by atoms with E-state index in [-0.39, 0.29) is 0 Å². The molecule has 0 saturated heterocycles. The third-order valence-electron chi connectivity index (χ3n) is 18.0. The highest BCUT2D eigenvalue weighted by atomic mass is 32.1. The molecule has 0 amide bonds. The van der Waals surface area contributed by atoms with Gasteiger partial charge in [-0.1, -0.05) is 249 Å². The van der Waals surface area contributed by atoms with E-state index in [4.69, 9.17) is 4.42 Å². The molecule has 0 unspecified atom stereocenters. The second-order valence-corrected chi connectivity index (χ2v) is 23.2. The van der Waals surface area contributed by atoms with Crippen LogP contribution in [-0.4, -0.2) is 0 Å². The maximum Gasteiger partial charge on any atom is 0.137 e. The first-order valence-corrected chi connectivity index (χ1v) is 29.7. The average Bonchev–Trinajstić information content (AvgIpc) is 1.59. The SMILES string of the molecule is c1ccc(C2(c3ccccc3)c3ccccc3-c3ccc(N(c4cccc(N(c5cccc6c5C(c5ccccc5)(c5ccccc5)c5ccccc5-6)c5cccc6c5sc5ccccc56)c4)c4cccc5oc6ccccc6c45)cc32)cc1. The summed E-state index contributed by atoms with van der Waals surface area (Å²) in [6.45, 7) is 0. The van der Waals surface area contributed by atoms with Gasteiger partial charge in [0.1, 0.15) is 11.2 Å². The third-order valence-corrected chi connectivity index (χ3v) is 19.2. The molecular weight excluding hydrogens is 1040 g/mol. The van der Waals surface area contributed by atoms with Crippen molar-refractivity contribution in [2.24, 2.45) is 0 Å². The Labute approximate surface area is 491 Å². The molecule has 0 fully saturated rings. The van der Waals surface area contributed by atoms with Crippen LogP contribution in [0.15, 0.2) is 320 Å². The number of fused-ring (bicyclic) bond motifs is 12. The van der Waals surface area contributed by atoms with Crippen molar-refractivity contribution in [3.63, 3.8) is 0 Å². The number of thiophene rings is 1. The second kappa shape index (κ2) is 19.0. The summed E-state index contributed by atoms with van der Waals surface area (Å²) in [4.78, 5) is 5.06. The Kier molecular flexibility index (Phi) is 10.9. The molecule has 3 nitrogen and oxygen atoms in total. The first-order valence-electron chi connectivity index (χ1n) is 28.9. The monoisotopic (exact) mass is 1090 g/mol. The summed E-state index contributed by atoms with van der Waals surface area (Å²) in [5, 5.41) is 4.62. The first kappa shape index (κ1) is 48.2. The summed E-state index contributed by atoms with van der Waals surface area (Å²) >= 11 is 1.87. The van der Waals surface area contributed by atoms with E-state index in [0.717, 1.165) is 56.1 Å². The summed E-state index contributed by atoms with van der Waals surface area (Å²) in [6, 6.07) is 117. The minimum Gasteiger partial charge on any atom is -0.456 e. The minimum atomic E-state index is -0.676. The number of furan rings is 1. The van der Waals surface area contributed by atoms with E-state index < -0.39 is 10.8 Å². The molecule has 0 aliphatic heterocycles. The van der Waals surface area contributed by atoms with Crippen molar-refractivity contribution in [2.75, 3.05) is 9.80 Å². The van der Waals surface area contributed by atoms with Gasteiger partial charge in [0.15, 0.2) is 0 Å². The second-order valence-electron chi connectivity index (χ2n) is 22.2. The van der Waals surface area contributed by atoms with Gasteiger partial charge in [0.25, 0.3) is 0 Å². The molecule has 15 aromatic rings. The molecule has 2 aliphatic rings. The van der Waals surface area contributed by atoms with Crippen LogP contribution in [0.25, 0.3) is 64.4 Å². The summed E-state index contributed by atoms with van der Waals surface area (Å²) < 4.78 is 9.24. The van der Waals surface area contributed by atoms with Gasteiger partial charge in [0.05, 0.1) is 38.0 Å². The van der Waals surface area contributed by atoms with Crippen molar-refractivity contribution in [3.8, 4) is 22.3 Å². The van der Waals surface area contributed by atoms with Gasteiger partial charge in [0.2, 0.25) is 0 Å². The van der Waals surface area contributed by atoms with Gasteiger partial charge in [-0.3, -0.25) is 0 Å². The predicted molar refractivity (Wildman–Crippen MR) is 351 cm³/mol. The van der Waals surface area contributed by atoms with E-state index in [2.05, 4.69) is 325 Å². The number of hydrogen-bond acceptors (Lipinski definition) is 4. The largest absolute Gasteiger partial charge is 0.456 e. The molecule has 17 rings (SSSR count). The zero-order chi connectivity index (χ0) is 55.3.